The van der Waals surface area contributed by atoms with Crippen LogP contribution in [0.1, 0.15) is 38.3 Å². The molecule has 1 aromatic heterocycles. The van der Waals surface area contributed by atoms with Gasteiger partial charge in [-0.15, -0.1) is 0 Å². The van der Waals surface area contributed by atoms with E-state index in [-0.39, 0.29) is 5.91 Å². The van der Waals surface area contributed by atoms with E-state index in [1.54, 1.807) is 6.92 Å². The second-order valence-corrected chi connectivity index (χ2v) is 4.42. The number of aryl methyl sites for hydroxylation is 1. The second-order valence-electron chi connectivity index (χ2n) is 4.42. The van der Waals surface area contributed by atoms with Gasteiger partial charge in [-0.25, -0.2) is 0 Å². The Kier molecular flexibility index (Phi) is 3.27. The van der Waals surface area contributed by atoms with E-state index in [2.05, 4.69) is 22.9 Å². The van der Waals surface area contributed by atoms with Gasteiger partial charge in [0.05, 0.1) is 12.2 Å². The first-order valence-electron chi connectivity index (χ1n) is 5.99. The molecule has 1 amide bonds. The van der Waals surface area contributed by atoms with Crippen molar-refractivity contribution < 1.29 is 4.79 Å². The number of nitrogens with zero attached hydrogens (tertiary/aromatic N) is 3. The van der Waals surface area contributed by atoms with Crippen molar-refractivity contribution in [2.75, 3.05) is 13.1 Å². The molecule has 0 aliphatic carbocycles. The third kappa shape index (κ3) is 2.26. The maximum Gasteiger partial charge on any atom is 0.219 e. The van der Waals surface area contributed by atoms with Crippen molar-refractivity contribution in [1.82, 2.24) is 14.7 Å². The van der Waals surface area contributed by atoms with Gasteiger partial charge < -0.3 is 4.90 Å². The van der Waals surface area contributed by atoms with Crippen molar-refractivity contribution in [3.05, 3.63) is 18.0 Å². The Morgan fingerprint density at radius 1 is 1.50 bits per heavy atom. The summed E-state index contributed by atoms with van der Waals surface area (Å²) in [4.78, 5) is 13.1. The highest BCUT2D eigenvalue weighted by molar-refractivity contribution is 5.73. The van der Waals surface area contributed by atoms with Gasteiger partial charge in [0.25, 0.3) is 0 Å². The Morgan fingerprint density at radius 2 is 2.19 bits per heavy atom. The van der Waals surface area contributed by atoms with Crippen LogP contribution in [0.4, 0.5) is 0 Å². The lowest BCUT2D eigenvalue weighted by molar-refractivity contribution is -0.130. The number of likely N-dealkylation sites (tertiary alicyclic amines) is 1. The van der Waals surface area contributed by atoms with Crippen LogP contribution in [0.15, 0.2) is 12.4 Å². The monoisotopic (exact) mass is 221 g/mol. The lowest BCUT2D eigenvalue weighted by atomic mass is 10.1. The number of carbonyl (C=O) groups excluding carboxylic acids is 1. The van der Waals surface area contributed by atoms with Gasteiger partial charge in [-0.1, -0.05) is 6.92 Å². The lowest BCUT2D eigenvalue weighted by Gasteiger charge is -2.31. The lowest BCUT2D eigenvalue weighted by Crippen LogP contribution is -2.37. The van der Waals surface area contributed by atoms with Crippen molar-refractivity contribution in [2.24, 2.45) is 0 Å². The molecule has 1 aliphatic heterocycles. The summed E-state index contributed by atoms with van der Waals surface area (Å²) in [6.45, 7) is 5.51. The maximum atomic E-state index is 11.2. The Hall–Kier alpha value is -1.32. The second kappa shape index (κ2) is 4.68. The molecule has 4 heteroatoms. The minimum absolute atomic E-state index is 0.188. The average molecular weight is 221 g/mol. The molecule has 16 heavy (non-hydrogen) atoms. The van der Waals surface area contributed by atoms with E-state index >= 15 is 0 Å². The molecule has 0 saturated carbocycles. The molecule has 88 valence electrons. The summed E-state index contributed by atoms with van der Waals surface area (Å²) in [6.07, 6.45) is 7.15. The fraction of sp³-hybridized carbons (Fsp3) is 0.667. The topological polar surface area (TPSA) is 38.1 Å². The number of hydrogen-bond acceptors (Lipinski definition) is 2. The van der Waals surface area contributed by atoms with Crippen LogP contribution in [0.5, 0.6) is 0 Å². The third-order valence-electron chi connectivity index (χ3n) is 3.35. The summed E-state index contributed by atoms with van der Waals surface area (Å²) in [5.74, 6) is 0.188. The van der Waals surface area contributed by atoms with E-state index < -0.39 is 0 Å². The predicted molar refractivity (Wildman–Crippen MR) is 62.1 cm³/mol. The van der Waals surface area contributed by atoms with Gasteiger partial charge in [0, 0.05) is 26.2 Å². The fourth-order valence-corrected chi connectivity index (χ4v) is 2.20. The van der Waals surface area contributed by atoms with Crippen molar-refractivity contribution in [3.8, 4) is 0 Å². The number of hydrogen-bond donors (Lipinski definition) is 0. The summed E-state index contributed by atoms with van der Waals surface area (Å²) >= 11 is 0. The van der Waals surface area contributed by atoms with Crippen molar-refractivity contribution in [2.45, 2.75) is 39.2 Å². The van der Waals surface area contributed by atoms with Crippen LogP contribution in [0, 0.1) is 0 Å². The van der Waals surface area contributed by atoms with E-state index in [1.165, 1.54) is 5.56 Å². The van der Waals surface area contributed by atoms with Gasteiger partial charge in [0.2, 0.25) is 5.91 Å². The normalized spacial score (nSPS) is 17.8. The van der Waals surface area contributed by atoms with E-state index in [0.717, 1.165) is 32.4 Å². The Labute approximate surface area is 96.2 Å². The van der Waals surface area contributed by atoms with E-state index in [4.69, 9.17) is 0 Å². The van der Waals surface area contributed by atoms with Gasteiger partial charge >= 0.3 is 0 Å². The molecule has 0 spiro atoms. The summed E-state index contributed by atoms with van der Waals surface area (Å²) in [5, 5.41) is 4.39. The number of amides is 1. The summed E-state index contributed by atoms with van der Waals surface area (Å²) in [6, 6.07) is 0.468. The van der Waals surface area contributed by atoms with E-state index in [1.807, 2.05) is 11.1 Å². The molecule has 0 N–H and O–H groups in total. The van der Waals surface area contributed by atoms with E-state index in [9.17, 15) is 4.79 Å². The summed E-state index contributed by atoms with van der Waals surface area (Å²) in [5.41, 5.74) is 1.29. The molecule has 2 rings (SSSR count). The van der Waals surface area contributed by atoms with Crippen LogP contribution in [-0.4, -0.2) is 33.7 Å². The minimum atomic E-state index is 0.188. The van der Waals surface area contributed by atoms with Crippen LogP contribution >= 0.6 is 0 Å². The Morgan fingerprint density at radius 3 is 2.69 bits per heavy atom. The average Bonchev–Trinajstić information content (AvgIpc) is 2.77. The van der Waals surface area contributed by atoms with Crippen LogP contribution in [0.25, 0.3) is 0 Å². The fourth-order valence-electron chi connectivity index (χ4n) is 2.20. The largest absolute Gasteiger partial charge is 0.343 e. The number of aromatic nitrogens is 2. The van der Waals surface area contributed by atoms with Gasteiger partial charge in [-0.3, -0.25) is 9.48 Å². The first kappa shape index (κ1) is 11.2. The molecule has 0 atom stereocenters. The molecular formula is C12H19N3O. The first-order valence-corrected chi connectivity index (χ1v) is 5.99. The summed E-state index contributed by atoms with van der Waals surface area (Å²) < 4.78 is 2.07. The smallest absolute Gasteiger partial charge is 0.219 e. The van der Waals surface area contributed by atoms with Crippen molar-refractivity contribution in [3.63, 3.8) is 0 Å². The molecular weight excluding hydrogens is 202 g/mol. The molecule has 4 nitrogen and oxygen atoms in total. The molecule has 1 fully saturated rings. The molecule has 0 radical (unpaired) electrons. The standard InChI is InChI=1S/C12H19N3O/c1-3-11-8-13-15(9-11)12-4-6-14(7-5-12)10(2)16/h8-9,12H,3-7H2,1-2H3. The zero-order chi connectivity index (χ0) is 11.5. The van der Waals surface area contributed by atoms with Crippen molar-refractivity contribution >= 4 is 5.91 Å². The van der Waals surface area contributed by atoms with Crippen LogP contribution < -0.4 is 0 Å². The predicted octanol–water partition coefficient (Wildman–Crippen LogP) is 1.63. The number of piperidine rings is 1. The SMILES string of the molecule is CCc1cnn(C2CCN(C(C)=O)CC2)c1. The number of rotatable bonds is 2. The summed E-state index contributed by atoms with van der Waals surface area (Å²) in [7, 11) is 0. The van der Waals surface area contributed by atoms with Gasteiger partial charge in [-0.05, 0) is 24.8 Å². The zero-order valence-corrected chi connectivity index (χ0v) is 10.0. The minimum Gasteiger partial charge on any atom is -0.343 e. The number of carbonyl (C=O) groups is 1. The molecule has 1 aliphatic rings. The molecule has 1 saturated heterocycles. The van der Waals surface area contributed by atoms with Crippen LogP contribution in [0.3, 0.4) is 0 Å². The highest BCUT2D eigenvalue weighted by atomic mass is 16.2. The molecule has 0 unspecified atom stereocenters. The van der Waals surface area contributed by atoms with Gasteiger partial charge in [-0.2, -0.15) is 5.10 Å². The molecule has 0 aromatic carbocycles. The van der Waals surface area contributed by atoms with Gasteiger partial charge in [0.15, 0.2) is 0 Å². The molecule has 0 bridgehead atoms. The maximum absolute atomic E-state index is 11.2. The highest BCUT2D eigenvalue weighted by Crippen LogP contribution is 2.22. The quantitative estimate of drug-likeness (QED) is 0.761. The van der Waals surface area contributed by atoms with Gasteiger partial charge in [0.1, 0.15) is 0 Å². The van der Waals surface area contributed by atoms with Crippen LogP contribution in [-0.2, 0) is 11.2 Å². The third-order valence-corrected chi connectivity index (χ3v) is 3.35. The van der Waals surface area contributed by atoms with Crippen molar-refractivity contribution in [1.29, 1.82) is 0 Å². The Balaban J connectivity index is 1.96. The first-order chi connectivity index (χ1) is 7.70. The van der Waals surface area contributed by atoms with E-state index in [0.29, 0.717) is 6.04 Å². The zero-order valence-electron chi connectivity index (χ0n) is 10.0. The molecule has 2 heterocycles. The molecule has 1 aromatic rings. The van der Waals surface area contributed by atoms with Crippen LogP contribution in [0.2, 0.25) is 0 Å². The highest BCUT2D eigenvalue weighted by Gasteiger charge is 2.22. The Bertz CT molecular complexity index is 364.